The van der Waals surface area contributed by atoms with Crippen LogP contribution >= 0.6 is 27.3 Å². The fourth-order valence-electron chi connectivity index (χ4n) is 3.57. The fraction of sp³-hybridized carbons (Fsp3) is 0.350. The zero-order chi connectivity index (χ0) is 20.4. The summed E-state index contributed by atoms with van der Waals surface area (Å²) in [5, 5.41) is 6.97. The van der Waals surface area contributed by atoms with Gasteiger partial charge >= 0.3 is 0 Å². The molecule has 0 saturated carbocycles. The minimum Gasteiger partial charge on any atom is -0.383 e. The van der Waals surface area contributed by atoms with E-state index in [-0.39, 0.29) is 17.6 Å². The Morgan fingerprint density at radius 3 is 3.07 bits per heavy atom. The van der Waals surface area contributed by atoms with Crippen molar-refractivity contribution in [2.75, 3.05) is 25.6 Å². The van der Waals surface area contributed by atoms with Gasteiger partial charge in [0.25, 0.3) is 0 Å². The van der Waals surface area contributed by atoms with E-state index < -0.39 is 0 Å². The Bertz CT molecular complexity index is 1060. The number of hydrogen-bond donors (Lipinski definition) is 2. The molecule has 1 aromatic carbocycles. The second kappa shape index (κ2) is 8.73. The van der Waals surface area contributed by atoms with Crippen LogP contribution in [0.3, 0.4) is 0 Å². The number of ether oxygens (including phenoxy) is 1. The Kier molecular flexibility index (Phi) is 6.07. The number of hydrogen-bond acceptors (Lipinski definition) is 6. The molecule has 0 aliphatic heterocycles. The molecule has 2 heterocycles. The van der Waals surface area contributed by atoms with E-state index in [1.165, 1.54) is 12.4 Å². The average Bonchev–Trinajstić information content (AvgIpc) is 3.08. The van der Waals surface area contributed by atoms with Gasteiger partial charge in [0.2, 0.25) is 5.91 Å². The number of benzene rings is 1. The molecule has 0 fully saturated rings. The zero-order valence-corrected chi connectivity index (χ0v) is 18.2. The number of amides is 1. The van der Waals surface area contributed by atoms with Crippen LogP contribution in [0.5, 0.6) is 0 Å². The lowest BCUT2D eigenvalue weighted by atomic mass is 9.87. The van der Waals surface area contributed by atoms with Crippen LogP contribution in [-0.4, -0.2) is 36.1 Å². The number of carbonyl (C=O) groups is 1. The maximum atomic E-state index is 14.3. The second-order valence-corrected chi connectivity index (χ2v) is 8.88. The van der Waals surface area contributed by atoms with Gasteiger partial charge in [-0.2, -0.15) is 0 Å². The number of methoxy groups -OCH3 is 1. The molecule has 3 aromatic rings. The number of carbonyl (C=O) groups excluding carboxylic acids is 1. The van der Waals surface area contributed by atoms with E-state index in [9.17, 15) is 9.18 Å². The van der Waals surface area contributed by atoms with Crippen LogP contribution in [0, 0.1) is 11.7 Å². The molecule has 1 atom stereocenters. The van der Waals surface area contributed by atoms with Crippen molar-refractivity contribution in [3.05, 3.63) is 45.3 Å². The van der Waals surface area contributed by atoms with Crippen LogP contribution in [0.4, 0.5) is 15.9 Å². The van der Waals surface area contributed by atoms with Crippen LogP contribution in [0.15, 0.2) is 29.0 Å². The summed E-state index contributed by atoms with van der Waals surface area (Å²) in [6.45, 7) is 1.02. The zero-order valence-electron chi connectivity index (χ0n) is 15.8. The van der Waals surface area contributed by atoms with Gasteiger partial charge in [-0.3, -0.25) is 4.79 Å². The third-order valence-corrected chi connectivity index (χ3v) is 6.66. The van der Waals surface area contributed by atoms with Gasteiger partial charge in [0.1, 0.15) is 22.8 Å². The Morgan fingerprint density at radius 2 is 2.28 bits per heavy atom. The standard InChI is InChI=1S/C20H20BrFN4O2S/c1-28-7-6-23-19(27)11-2-4-13-16(8-11)29-20-17(13)18(24-10-25-20)26-15-5-3-12(21)9-14(15)22/h3,5,9-11H,2,4,6-8H2,1H3,(H,23,27)(H,24,25,26). The molecule has 0 spiro atoms. The largest absolute Gasteiger partial charge is 0.383 e. The highest BCUT2D eigenvalue weighted by atomic mass is 79.9. The molecule has 9 heteroatoms. The van der Waals surface area contributed by atoms with E-state index in [2.05, 4.69) is 36.5 Å². The van der Waals surface area contributed by atoms with Gasteiger partial charge in [0.15, 0.2) is 0 Å². The lowest BCUT2D eigenvalue weighted by Crippen LogP contribution is -2.35. The predicted octanol–water partition coefficient (Wildman–Crippen LogP) is 4.20. The smallest absolute Gasteiger partial charge is 0.223 e. The fourth-order valence-corrected chi connectivity index (χ4v) is 5.17. The van der Waals surface area contributed by atoms with Gasteiger partial charge in [-0.1, -0.05) is 15.9 Å². The van der Waals surface area contributed by atoms with Gasteiger partial charge in [-0.25, -0.2) is 14.4 Å². The van der Waals surface area contributed by atoms with E-state index in [4.69, 9.17) is 4.74 Å². The van der Waals surface area contributed by atoms with Crippen molar-refractivity contribution in [3.8, 4) is 0 Å². The van der Waals surface area contributed by atoms with Crippen molar-refractivity contribution in [1.29, 1.82) is 0 Å². The highest BCUT2D eigenvalue weighted by Crippen LogP contribution is 2.40. The first-order chi connectivity index (χ1) is 14.1. The quantitative estimate of drug-likeness (QED) is 0.519. The normalized spacial score (nSPS) is 15.9. The minimum atomic E-state index is -0.358. The first kappa shape index (κ1) is 20.2. The monoisotopic (exact) mass is 478 g/mol. The molecular weight excluding hydrogens is 459 g/mol. The summed E-state index contributed by atoms with van der Waals surface area (Å²) in [7, 11) is 1.61. The number of rotatable bonds is 6. The third kappa shape index (κ3) is 4.26. The topological polar surface area (TPSA) is 76.1 Å². The maximum Gasteiger partial charge on any atom is 0.223 e. The van der Waals surface area contributed by atoms with E-state index >= 15 is 0 Å². The summed E-state index contributed by atoms with van der Waals surface area (Å²) in [5.74, 6) is 0.243. The molecule has 1 aliphatic rings. The number of aryl methyl sites for hydroxylation is 1. The summed E-state index contributed by atoms with van der Waals surface area (Å²) < 4.78 is 19.9. The van der Waals surface area contributed by atoms with Gasteiger partial charge < -0.3 is 15.4 Å². The number of halogens is 2. The van der Waals surface area contributed by atoms with E-state index in [1.54, 1.807) is 30.6 Å². The van der Waals surface area contributed by atoms with Crippen molar-refractivity contribution < 1.29 is 13.9 Å². The SMILES string of the molecule is COCCNC(=O)C1CCc2c(sc3ncnc(Nc4ccc(Br)cc4F)c23)C1. The molecule has 6 nitrogen and oxygen atoms in total. The maximum absolute atomic E-state index is 14.3. The number of anilines is 2. The van der Waals surface area contributed by atoms with Crippen LogP contribution in [0.1, 0.15) is 16.9 Å². The van der Waals surface area contributed by atoms with Gasteiger partial charge in [-0.15, -0.1) is 11.3 Å². The number of thiophene rings is 1. The molecule has 0 bridgehead atoms. The number of fused-ring (bicyclic) bond motifs is 3. The molecule has 152 valence electrons. The predicted molar refractivity (Wildman–Crippen MR) is 115 cm³/mol. The molecule has 2 N–H and O–H groups in total. The minimum absolute atomic E-state index is 0.0549. The van der Waals surface area contributed by atoms with Crippen molar-refractivity contribution in [2.24, 2.45) is 5.92 Å². The summed E-state index contributed by atoms with van der Waals surface area (Å²) in [5.41, 5.74) is 1.52. The molecule has 0 radical (unpaired) electrons. The Labute approximate surface area is 180 Å². The van der Waals surface area contributed by atoms with E-state index in [0.717, 1.165) is 33.5 Å². The van der Waals surface area contributed by atoms with Crippen molar-refractivity contribution in [3.63, 3.8) is 0 Å². The number of aromatic nitrogens is 2. The van der Waals surface area contributed by atoms with Gasteiger partial charge in [0.05, 0.1) is 17.7 Å². The van der Waals surface area contributed by atoms with Crippen LogP contribution in [-0.2, 0) is 22.4 Å². The molecule has 0 saturated heterocycles. The lowest BCUT2D eigenvalue weighted by molar-refractivity contribution is -0.125. The Morgan fingerprint density at radius 1 is 1.41 bits per heavy atom. The highest BCUT2D eigenvalue weighted by molar-refractivity contribution is 9.10. The summed E-state index contributed by atoms with van der Waals surface area (Å²) in [4.78, 5) is 23.2. The molecule has 1 aliphatic carbocycles. The number of nitrogens with zero attached hydrogens (tertiary/aromatic N) is 2. The van der Waals surface area contributed by atoms with Crippen LogP contribution in [0.25, 0.3) is 10.2 Å². The molecule has 1 amide bonds. The van der Waals surface area contributed by atoms with E-state index in [0.29, 0.717) is 35.6 Å². The van der Waals surface area contributed by atoms with Gasteiger partial charge in [0, 0.05) is 28.9 Å². The van der Waals surface area contributed by atoms with Crippen molar-refractivity contribution in [2.45, 2.75) is 19.3 Å². The summed E-state index contributed by atoms with van der Waals surface area (Å²) >= 11 is 4.85. The molecule has 4 rings (SSSR count). The van der Waals surface area contributed by atoms with Crippen LogP contribution < -0.4 is 10.6 Å². The molecule has 2 aromatic heterocycles. The molecule has 1 unspecified atom stereocenters. The molecule has 29 heavy (non-hydrogen) atoms. The van der Waals surface area contributed by atoms with E-state index in [1.807, 2.05) is 0 Å². The average molecular weight is 479 g/mol. The Hall–Kier alpha value is -2.10. The third-order valence-electron chi connectivity index (χ3n) is 5.01. The first-order valence-electron chi connectivity index (χ1n) is 9.30. The number of nitrogens with one attached hydrogen (secondary N) is 2. The summed E-state index contributed by atoms with van der Waals surface area (Å²) in [6, 6.07) is 4.86. The van der Waals surface area contributed by atoms with Crippen molar-refractivity contribution in [1.82, 2.24) is 15.3 Å². The van der Waals surface area contributed by atoms with Crippen LogP contribution in [0.2, 0.25) is 0 Å². The second-order valence-electron chi connectivity index (χ2n) is 6.88. The van der Waals surface area contributed by atoms with Crippen molar-refractivity contribution >= 4 is 54.9 Å². The summed E-state index contributed by atoms with van der Waals surface area (Å²) in [6.07, 6.45) is 3.70. The lowest BCUT2D eigenvalue weighted by Gasteiger charge is -2.21. The molecular formula is C20H20BrFN4O2S. The first-order valence-corrected chi connectivity index (χ1v) is 10.9. The Balaban J connectivity index is 1.60. The highest BCUT2D eigenvalue weighted by Gasteiger charge is 2.29. The van der Waals surface area contributed by atoms with Gasteiger partial charge in [-0.05, 0) is 43.0 Å².